The zero-order valence-corrected chi connectivity index (χ0v) is 15.7. The van der Waals surface area contributed by atoms with E-state index in [0.29, 0.717) is 30.2 Å². The average Bonchev–Trinajstić information content (AvgIpc) is 2.63. The van der Waals surface area contributed by atoms with Crippen molar-refractivity contribution in [3.63, 3.8) is 0 Å². The van der Waals surface area contributed by atoms with Crippen molar-refractivity contribution in [2.45, 2.75) is 4.90 Å². The van der Waals surface area contributed by atoms with E-state index < -0.39 is 10.0 Å². The second-order valence-corrected chi connectivity index (χ2v) is 7.78. The summed E-state index contributed by atoms with van der Waals surface area (Å²) in [6.07, 6.45) is 0. The number of carbonyl (C=O) groups is 1. The smallest absolute Gasteiger partial charge is 0.255 e. The minimum Gasteiger partial charge on any atom is -0.491 e. The molecule has 0 unspecified atom stereocenters. The second kappa shape index (κ2) is 8.79. The molecular weight excluding hydrogens is 356 g/mol. The van der Waals surface area contributed by atoms with E-state index in [1.807, 2.05) is 0 Å². The van der Waals surface area contributed by atoms with E-state index in [-0.39, 0.29) is 10.8 Å². The van der Waals surface area contributed by atoms with Crippen LogP contribution in [0.1, 0.15) is 10.4 Å². The number of anilines is 1. The molecule has 0 aliphatic heterocycles. The van der Waals surface area contributed by atoms with E-state index in [0.717, 1.165) is 4.31 Å². The number of nitrogens with zero attached hydrogens (tertiary/aromatic N) is 1. The fraction of sp³-hybridized carbons (Fsp3) is 0.278. The van der Waals surface area contributed by atoms with Gasteiger partial charge in [0.2, 0.25) is 10.0 Å². The molecule has 0 heterocycles. The molecule has 26 heavy (non-hydrogen) atoms. The van der Waals surface area contributed by atoms with Crippen LogP contribution in [0.5, 0.6) is 5.75 Å². The Bertz CT molecular complexity index is 831. The first kappa shape index (κ1) is 19.9. The fourth-order valence-electron chi connectivity index (χ4n) is 2.07. The Morgan fingerprint density at radius 3 is 2.15 bits per heavy atom. The number of carbonyl (C=O) groups excluding carboxylic acids is 1. The van der Waals surface area contributed by atoms with Crippen molar-refractivity contribution in [3.05, 3.63) is 54.1 Å². The average molecular weight is 378 g/mol. The van der Waals surface area contributed by atoms with Gasteiger partial charge in [-0.15, -0.1) is 0 Å². The molecular formula is C18H22N2O5S. The van der Waals surface area contributed by atoms with Crippen molar-refractivity contribution in [3.8, 4) is 5.75 Å². The summed E-state index contributed by atoms with van der Waals surface area (Å²) in [7, 11) is 1.04. The highest BCUT2D eigenvalue weighted by molar-refractivity contribution is 7.89. The molecule has 140 valence electrons. The molecule has 2 rings (SSSR count). The first-order chi connectivity index (χ1) is 12.3. The van der Waals surface area contributed by atoms with Gasteiger partial charge >= 0.3 is 0 Å². The third-order valence-corrected chi connectivity index (χ3v) is 5.39. The molecule has 1 N–H and O–H groups in total. The molecule has 0 atom stereocenters. The Kier molecular flexibility index (Phi) is 6.73. The Morgan fingerprint density at radius 2 is 1.62 bits per heavy atom. The van der Waals surface area contributed by atoms with Gasteiger partial charge in [-0.1, -0.05) is 0 Å². The number of rotatable bonds is 8. The van der Waals surface area contributed by atoms with Gasteiger partial charge in [0, 0.05) is 32.5 Å². The third-order valence-electron chi connectivity index (χ3n) is 3.56. The summed E-state index contributed by atoms with van der Waals surface area (Å²) in [5.41, 5.74) is 0.974. The molecule has 0 spiro atoms. The van der Waals surface area contributed by atoms with Crippen LogP contribution < -0.4 is 10.1 Å². The van der Waals surface area contributed by atoms with Crippen molar-refractivity contribution in [1.29, 1.82) is 0 Å². The molecule has 7 nitrogen and oxygen atoms in total. The Labute approximate surface area is 153 Å². The van der Waals surface area contributed by atoms with E-state index in [1.54, 1.807) is 43.5 Å². The minimum atomic E-state index is -3.49. The molecule has 0 saturated carbocycles. The molecule has 0 aromatic heterocycles. The van der Waals surface area contributed by atoms with Crippen LogP contribution in [0.25, 0.3) is 0 Å². The lowest BCUT2D eigenvalue weighted by Crippen LogP contribution is -2.22. The van der Waals surface area contributed by atoms with Gasteiger partial charge in [-0.25, -0.2) is 12.7 Å². The van der Waals surface area contributed by atoms with Crippen LogP contribution in [-0.2, 0) is 14.8 Å². The summed E-state index contributed by atoms with van der Waals surface area (Å²) < 4.78 is 35.6. The van der Waals surface area contributed by atoms with Gasteiger partial charge in [0.05, 0.1) is 11.5 Å². The molecule has 2 aromatic rings. The largest absolute Gasteiger partial charge is 0.491 e. The van der Waals surface area contributed by atoms with Gasteiger partial charge in [-0.2, -0.15) is 0 Å². The predicted molar refractivity (Wildman–Crippen MR) is 99.1 cm³/mol. The molecule has 0 fully saturated rings. The number of hydrogen-bond acceptors (Lipinski definition) is 5. The quantitative estimate of drug-likeness (QED) is 0.712. The van der Waals surface area contributed by atoms with E-state index in [4.69, 9.17) is 9.47 Å². The van der Waals surface area contributed by atoms with Gasteiger partial charge in [-0.3, -0.25) is 4.79 Å². The van der Waals surface area contributed by atoms with Crippen molar-refractivity contribution in [1.82, 2.24) is 4.31 Å². The topological polar surface area (TPSA) is 84.9 Å². The standard InChI is InChI=1S/C18H22N2O5S/c1-20(2)26(22,23)17-10-6-15(7-11-17)19-18(21)14-4-8-16(9-5-14)25-13-12-24-3/h4-11H,12-13H2,1-3H3,(H,19,21). The molecule has 8 heteroatoms. The van der Waals surface area contributed by atoms with Crippen LogP contribution in [0.4, 0.5) is 5.69 Å². The molecule has 0 radical (unpaired) electrons. The van der Waals surface area contributed by atoms with Gasteiger partial charge in [0.1, 0.15) is 12.4 Å². The van der Waals surface area contributed by atoms with Crippen LogP contribution in [0, 0.1) is 0 Å². The highest BCUT2D eigenvalue weighted by Crippen LogP contribution is 2.18. The van der Waals surface area contributed by atoms with Crippen molar-refractivity contribution in [2.24, 2.45) is 0 Å². The van der Waals surface area contributed by atoms with Crippen molar-refractivity contribution >= 4 is 21.6 Å². The van der Waals surface area contributed by atoms with Crippen LogP contribution in [-0.4, -0.2) is 53.0 Å². The lowest BCUT2D eigenvalue weighted by molar-refractivity contribution is 0.102. The van der Waals surface area contributed by atoms with E-state index >= 15 is 0 Å². The maximum Gasteiger partial charge on any atom is 0.255 e. The van der Waals surface area contributed by atoms with Crippen molar-refractivity contribution < 1.29 is 22.7 Å². The third kappa shape index (κ3) is 5.04. The molecule has 0 aliphatic rings. The summed E-state index contributed by atoms with van der Waals surface area (Å²) >= 11 is 0. The van der Waals surface area contributed by atoms with Gasteiger partial charge in [0.15, 0.2) is 0 Å². The number of nitrogens with one attached hydrogen (secondary N) is 1. The first-order valence-electron chi connectivity index (χ1n) is 7.90. The zero-order valence-electron chi connectivity index (χ0n) is 14.9. The number of hydrogen-bond donors (Lipinski definition) is 1. The van der Waals surface area contributed by atoms with Crippen LogP contribution in [0.15, 0.2) is 53.4 Å². The fourth-order valence-corrected chi connectivity index (χ4v) is 2.97. The van der Waals surface area contributed by atoms with Crippen LogP contribution >= 0.6 is 0 Å². The van der Waals surface area contributed by atoms with Gasteiger partial charge in [-0.05, 0) is 48.5 Å². The Balaban J connectivity index is 2.01. The maximum absolute atomic E-state index is 12.3. The number of methoxy groups -OCH3 is 1. The zero-order chi connectivity index (χ0) is 19.2. The number of sulfonamides is 1. The first-order valence-corrected chi connectivity index (χ1v) is 9.34. The SMILES string of the molecule is COCCOc1ccc(C(=O)Nc2ccc(S(=O)(=O)N(C)C)cc2)cc1. The summed E-state index contributed by atoms with van der Waals surface area (Å²) in [5.74, 6) is 0.355. The normalized spacial score (nSPS) is 11.4. The monoisotopic (exact) mass is 378 g/mol. The van der Waals surface area contributed by atoms with Gasteiger partial charge < -0.3 is 14.8 Å². The predicted octanol–water partition coefficient (Wildman–Crippen LogP) is 2.21. The second-order valence-electron chi connectivity index (χ2n) is 5.63. The minimum absolute atomic E-state index is 0.165. The van der Waals surface area contributed by atoms with Crippen LogP contribution in [0.3, 0.4) is 0 Å². The van der Waals surface area contributed by atoms with Crippen LogP contribution in [0.2, 0.25) is 0 Å². The van der Waals surface area contributed by atoms with Gasteiger partial charge in [0.25, 0.3) is 5.91 Å². The Morgan fingerprint density at radius 1 is 1.00 bits per heavy atom. The van der Waals surface area contributed by atoms with E-state index in [1.165, 1.54) is 26.2 Å². The lowest BCUT2D eigenvalue weighted by atomic mass is 10.2. The summed E-state index contributed by atoms with van der Waals surface area (Å²) in [6.45, 7) is 0.923. The molecule has 1 amide bonds. The molecule has 0 bridgehead atoms. The molecule has 0 saturated heterocycles. The molecule has 0 aliphatic carbocycles. The summed E-state index contributed by atoms with van der Waals surface area (Å²) in [4.78, 5) is 12.4. The van der Waals surface area contributed by atoms with Crippen molar-refractivity contribution in [2.75, 3.05) is 39.7 Å². The van der Waals surface area contributed by atoms with E-state index in [9.17, 15) is 13.2 Å². The Hall–Kier alpha value is -2.42. The summed E-state index contributed by atoms with van der Waals surface area (Å²) in [6, 6.07) is 12.7. The highest BCUT2D eigenvalue weighted by atomic mass is 32.2. The number of benzene rings is 2. The number of amides is 1. The summed E-state index contributed by atoms with van der Waals surface area (Å²) in [5, 5.41) is 2.73. The highest BCUT2D eigenvalue weighted by Gasteiger charge is 2.16. The molecule has 2 aromatic carbocycles. The number of ether oxygens (including phenoxy) is 2. The maximum atomic E-state index is 12.3. The van der Waals surface area contributed by atoms with E-state index in [2.05, 4.69) is 5.32 Å². The lowest BCUT2D eigenvalue weighted by Gasteiger charge is -2.12.